The van der Waals surface area contributed by atoms with Gasteiger partial charge in [0.1, 0.15) is 0 Å². The number of likely N-dealkylation sites (tertiary alicyclic amines) is 2. The number of carbonyl (C=O) groups is 1. The Labute approximate surface area is 126 Å². The van der Waals surface area contributed by atoms with E-state index in [0.29, 0.717) is 6.42 Å². The fraction of sp³-hybridized carbons (Fsp3) is 0.562. The quantitative estimate of drug-likeness (QED) is 0.860. The molecule has 0 radical (unpaired) electrons. The van der Waals surface area contributed by atoms with Crippen molar-refractivity contribution in [2.24, 2.45) is 0 Å². The van der Waals surface area contributed by atoms with Gasteiger partial charge in [-0.2, -0.15) is 12.6 Å². The minimum Gasteiger partial charge on any atom is -0.337 e. The van der Waals surface area contributed by atoms with E-state index in [9.17, 15) is 4.79 Å². The van der Waals surface area contributed by atoms with Crippen LogP contribution in [-0.2, 0) is 17.9 Å². The highest BCUT2D eigenvalue weighted by Gasteiger charge is 2.26. The number of benzene rings is 1. The lowest BCUT2D eigenvalue weighted by Crippen LogP contribution is -2.24. The normalized spacial score (nSPS) is 23.8. The van der Waals surface area contributed by atoms with Gasteiger partial charge in [0.2, 0.25) is 5.91 Å². The number of carbonyl (C=O) groups excluding carboxylic acids is 1. The van der Waals surface area contributed by atoms with Gasteiger partial charge < -0.3 is 4.90 Å². The molecule has 1 aromatic carbocycles. The van der Waals surface area contributed by atoms with Crippen LogP contribution in [0.5, 0.6) is 0 Å². The van der Waals surface area contributed by atoms with Crippen LogP contribution in [0.15, 0.2) is 24.3 Å². The van der Waals surface area contributed by atoms with Gasteiger partial charge in [0.15, 0.2) is 0 Å². The Balaban J connectivity index is 1.57. The predicted molar refractivity (Wildman–Crippen MR) is 83.8 cm³/mol. The van der Waals surface area contributed by atoms with Gasteiger partial charge in [-0.1, -0.05) is 24.3 Å². The molecule has 2 aliphatic rings. The maximum Gasteiger partial charge on any atom is 0.224 e. The molecule has 0 aromatic heterocycles. The van der Waals surface area contributed by atoms with Gasteiger partial charge >= 0.3 is 0 Å². The maximum absolute atomic E-state index is 11.8. The van der Waals surface area contributed by atoms with Crippen LogP contribution in [0.2, 0.25) is 0 Å². The molecule has 0 N–H and O–H groups in total. The Bertz CT molecular complexity index is 468. The van der Waals surface area contributed by atoms with Crippen molar-refractivity contribution in [3.8, 4) is 0 Å². The first-order chi connectivity index (χ1) is 9.70. The van der Waals surface area contributed by atoms with Gasteiger partial charge in [0.25, 0.3) is 0 Å². The van der Waals surface area contributed by atoms with E-state index in [-0.39, 0.29) is 11.2 Å². The topological polar surface area (TPSA) is 23.6 Å². The third kappa shape index (κ3) is 3.36. The van der Waals surface area contributed by atoms with Gasteiger partial charge in [-0.25, -0.2) is 0 Å². The van der Waals surface area contributed by atoms with Crippen LogP contribution in [0.1, 0.15) is 30.4 Å². The molecule has 0 aliphatic carbocycles. The molecule has 2 saturated heterocycles. The maximum atomic E-state index is 11.8. The van der Waals surface area contributed by atoms with E-state index < -0.39 is 0 Å². The average Bonchev–Trinajstić information content (AvgIpc) is 3.03. The molecule has 1 atom stereocenters. The molecule has 0 spiro atoms. The van der Waals surface area contributed by atoms with E-state index in [2.05, 4.69) is 41.8 Å². The predicted octanol–water partition coefficient (Wildman–Crippen LogP) is 2.31. The van der Waals surface area contributed by atoms with E-state index in [0.717, 1.165) is 19.6 Å². The molecule has 2 fully saturated rings. The Morgan fingerprint density at radius 3 is 2.20 bits per heavy atom. The van der Waals surface area contributed by atoms with Crippen molar-refractivity contribution >= 4 is 18.5 Å². The number of thiol groups is 1. The van der Waals surface area contributed by atoms with Gasteiger partial charge in [0.05, 0.1) is 0 Å². The highest BCUT2D eigenvalue weighted by atomic mass is 32.1. The second kappa shape index (κ2) is 6.19. The Morgan fingerprint density at radius 2 is 1.65 bits per heavy atom. The van der Waals surface area contributed by atoms with Gasteiger partial charge in [-0.15, -0.1) is 0 Å². The minimum absolute atomic E-state index is 0.205. The molecule has 3 rings (SSSR count). The first-order valence-electron chi connectivity index (χ1n) is 7.47. The second-order valence-electron chi connectivity index (χ2n) is 5.93. The minimum atomic E-state index is 0.205. The lowest BCUT2D eigenvalue weighted by Gasteiger charge is -2.17. The molecular weight excluding hydrogens is 268 g/mol. The first-order valence-corrected chi connectivity index (χ1v) is 7.98. The summed E-state index contributed by atoms with van der Waals surface area (Å²) in [6.07, 6.45) is 3.25. The first kappa shape index (κ1) is 14.0. The van der Waals surface area contributed by atoms with Crippen LogP contribution in [-0.4, -0.2) is 40.6 Å². The summed E-state index contributed by atoms with van der Waals surface area (Å²) in [6, 6.07) is 8.72. The largest absolute Gasteiger partial charge is 0.337 e. The van der Waals surface area contributed by atoms with Crippen LogP contribution in [0, 0.1) is 0 Å². The smallest absolute Gasteiger partial charge is 0.224 e. The molecule has 20 heavy (non-hydrogen) atoms. The molecule has 0 saturated carbocycles. The van der Waals surface area contributed by atoms with Crippen molar-refractivity contribution in [3.05, 3.63) is 35.4 Å². The molecule has 3 nitrogen and oxygen atoms in total. The average molecular weight is 290 g/mol. The Kier molecular flexibility index (Phi) is 4.32. The molecule has 0 bridgehead atoms. The summed E-state index contributed by atoms with van der Waals surface area (Å²) >= 11 is 4.39. The van der Waals surface area contributed by atoms with Crippen molar-refractivity contribution < 1.29 is 4.79 Å². The summed E-state index contributed by atoms with van der Waals surface area (Å²) < 4.78 is 0. The molecule has 2 aliphatic heterocycles. The molecule has 2 heterocycles. The van der Waals surface area contributed by atoms with E-state index in [1.807, 2.05) is 4.90 Å². The van der Waals surface area contributed by atoms with Crippen LogP contribution < -0.4 is 0 Å². The number of amides is 1. The number of hydrogen-bond donors (Lipinski definition) is 1. The van der Waals surface area contributed by atoms with Gasteiger partial charge in [0, 0.05) is 31.3 Å². The lowest BCUT2D eigenvalue weighted by molar-refractivity contribution is -0.128. The Hall–Kier alpha value is -1.00. The van der Waals surface area contributed by atoms with Crippen molar-refractivity contribution in [2.45, 2.75) is 37.6 Å². The van der Waals surface area contributed by atoms with Crippen molar-refractivity contribution in [1.82, 2.24) is 9.80 Å². The summed E-state index contributed by atoms with van der Waals surface area (Å²) in [6.45, 7) is 5.01. The lowest BCUT2D eigenvalue weighted by atomic mass is 10.1. The van der Waals surface area contributed by atoms with Crippen molar-refractivity contribution in [3.63, 3.8) is 0 Å². The fourth-order valence-corrected chi connectivity index (χ4v) is 3.43. The number of rotatable bonds is 4. The number of hydrogen-bond acceptors (Lipinski definition) is 3. The zero-order chi connectivity index (χ0) is 13.9. The second-order valence-corrected chi connectivity index (χ2v) is 6.66. The van der Waals surface area contributed by atoms with Crippen LogP contribution in [0.4, 0.5) is 0 Å². The van der Waals surface area contributed by atoms with E-state index >= 15 is 0 Å². The molecule has 4 heteroatoms. The summed E-state index contributed by atoms with van der Waals surface area (Å²) in [7, 11) is 0. The van der Waals surface area contributed by atoms with Gasteiger partial charge in [-0.05, 0) is 37.1 Å². The molecule has 1 unspecified atom stereocenters. The zero-order valence-electron chi connectivity index (χ0n) is 11.8. The zero-order valence-corrected chi connectivity index (χ0v) is 12.7. The van der Waals surface area contributed by atoms with Crippen molar-refractivity contribution in [1.29, 1.82) is 0 Å². The molecule has 1 aromatic rings. The fourth-order valence-electron chi connectivity index (χ4n) is 3.07. The summed E-state index contributed by atoms with van der Waals surface area (Å²) in [5.74, 6) is 0.228. The van der Waals surface area contributed by atoms with Crippen LogP contribution in [0.25, 0.3) is 0 Å². The van der Waals surface area contributed by atoms with Crippen LogP contribution >= 0.6 is 12.6 Å². The molecule has 108 valence electrons. The van der Waals surface area contributed by atoms with Crippen molar-refractivity contribution in [2.75, 3.05) is 19.6 Å². The standard InChI is InChI=1S/C16H22N2OS/c19-16-9-15(20)12-18(16)11-14-5-3-13(4-6-14)10-17-7-1-2-8-17/h3-6,15,20H,1-2,7-12H2. The highest BCUT2D eigenvalue weighted by molar-refractivity contribution is 7.81. The third-order valence-electron chi connectivity index (χ3n) is 4.20. The number of nitrogens with zero attached hydrogens (tertiary/aromatic N) is 2. The molecular formula is C16H22N2OS. The van der Waals surface area contributed by atoms with Gasteiger partial charge in [-0.3, -0.25) is 9.69 Å². The van der Waals surface area contributed by atoms with E-state index in [1.54, 1.807) is 0 Å². The molecule has 1 amide bonds. The Morgan fingerprint density at radius 1 is 1.05 bits per heavy atom. The summed E-state index contributed by atoms with van der Waals surface area (Å²) in [5, 5.41) is 0.205. The van der Waals surface area contributed by atoms with E-state index in [1.165, 1.54) is 37.1 Å². The summed E-state index contributed by atoms with van der Waals surface area (Å²) in [4.78, 5) is 16.2. The summed E-state index contributed by atoms with van der Waals surface area (Å²) in [5.41, 5.74) is 2.58. The third-order valence-corrected chi connectivity index (χ3v) is 4.54. The monoisotopic (exact) mass is 290 g/mol. The highest BCUT2D eigenvalue weighted by Crippen LogP contribution is 2.19. The SMILES string of the molecule is O=C1CC(S)CN1Cc1ccc(CN2CCCC2)cc1. The van der Waals surface area contributed by atoms with E-state index in [4.69, 9.17) is 0 Å². The van der Waals surface area contributed by atoms with Crippen LogP contribution in [0.3, 0.4) is 0 Å².